The first-order chi connectivity index (χ1) is 14.2. The number of guanidine groups is 1. The standard InChI is InChI=1S/C19H18FN5O4S/c1-30(27,28)15-5-2-12(3-6-15)16-7-4-13(8-17(16)20)25-10-14(29-19(25)26)9-23-18(22)24-11-21/h2-8,14H,9-10H2,1H3,(H3,22,23,24). The van der Waals surface area contributed by atoms with E-state index in [-0.39, 0.29) is 29.5 Å². The molecule has 11 heteroatoms. The summed E-state index contributed by atoms with van der Waals surface area (Å²) in [5.41, 5.74) is 6.53. The molecule has 1 aliphatic heterocycles. The molecule has 9 nitrogen and oxygen atoms in total. The summed E-state index contributed by atoms with van der Waals surface area (Å²) in [5.74, 6) is -0.666. The van der Waals surface area contributed by atoms with Gasteiger partial charge in [0.15, 0.2) is 16.0 Å². The van der Waals surface area contributed by atoms with E-state index in [0.29, 0.717) is 11.3 Å². The van der Waals surface area contributed by atoms with Crippen molar-refractivity contribution >= 4 is 27.6 Å². The number of rotatable bonds is 5. The van der Waals surface area contributed by atoms with E-state index in [1.807, 2.05) is 0 Å². The van der Waals surface area contributed by atoms with Gasteiger partial charge in [0.2, 0.25) is 5.96 Å². The molecular formula is C19H18FN5O4S. The molecule has 0 bridgehead atoms. The van der Waals surface area contributed by atoms with Crippen LogP contribution in [0.2, 0.25) is 0 Å². The number of nitriles is 1. The number of nitrogens with one attached hydrogen (secondary N) is 1. The summed E-state index contributed by atoms with van der Waals surface area (Å²) in [5, 5.41) is 10.6. The minimum absolute atomic E-state index is 0.0516. The lowest BCUT2D eigenvalue weighted by Gasteiger charge is -2.14. The van der Waals surface area contributed by atoms with Gasteiger partial charge in [-0.2, -0.15) is 5.26 Å². The number of amides is 1. The summed E-state index contributed by atoms with van der Waals surface area (Å²) in [6.45, 7) is 0.194. The predicted molar refractivity (Wildman–Crippen MR) is 108 cm³/mol. The molecule has 1 fully saturated rings. The van der Waals surface area contributed by atoms with Crippen LogP contribution >= 0.6 is 0 Å². The molecule has 1 unspecified atom stereocenters. The van der Waals surface area contributed by atoms with Crippen LogP contribution in [0.4, 0.5) is 14.9 Å². The zero-order valence-corrected chi connectivity index (χ0v) is 16.7. The van der Waals surface area contributed by atoms with Crippen LogP contribution in [-0.2, 0) is 14.6 Å². The number of halogens is 1. The largest absolute Gasteiger partial charge is 0.442 e. The van der Waals surface area contributed by atoms with Gasteiger partial charge in [0.05, 0.1) is 23.7 Å². The SMILES string of the molecule is CS(=O)(=O)c1ccc(-c2ccc(N3CC(CN=C(N)NC#N)OC3=O)cc2F)cc1. The highest BCUT2D eigenvalue weighted by molar-refractivity contribution is 7.90. The molecule has 1 amide bonds. The number of sulfone groups is 1. The zero-order chi connectivity index (χ0) is 21.9. The van der Waals surface area contributed by atoms with Crippen LogP contribution in [0.5, 0.6) is 0 Å². The summed E-state index contributed by atoms with van der Waals surface area (Å²) in [4.78, 5) is 17.4. The third-order valence-corrected chi connectivity index (χ3v) is 5.51. The minimum atomic E-state index is -3.34. The van der Waals surface area contributed by atoms with Gasteiger partial charge in [-0.25, -0.2) is 22.6 Å². The number of carbonyl (C=O) groups excluding carboxylic acids is 1. The van der Waals surface area contributed by atoms with E-state index in [4.69, 9.17) is 15.7 Å². The Morgan fingerprint density at radius 2 is 2.07 bits per heavy atom. The van der Waals surface area contributed by atoms with Crippen LogP contribution in [0.1, 0.15) is 0 Å². The van der Waals surface area contributed by atoms with E-state index in [1.165, 1.54) is 41.3 Å². The molecule has 1 heterocycles. The molecule has 3 N–H and O–H groups in total. The zero-order valence-electron chi connectivity index (χ0n) is 15.9. The molecule has 0 saturated carbocycles. The normalized spacial score (nSPS) is 16.8. The van der Waals surface area contributed by atoms with Gasteiger partial charge in [0, 0.05) is 11.8 Å². The highest BCUT2D eigenvalue weighted by Gasteiger charge is 2.32. The Balaban J connectivity index is 1.76. The summed E-state index contributed by atoms with van der Waals surface area (Å²) in [6, 6.07) is 10.1. The van der Waals surface area contributed by atoms with Crippen LogP contribution < -0.4 is 16.0 Å². The average Bonchev–Trinajstić information content (AvgIpc) is 3.07. The van der Waals surface area contributed by atoms with Crippen LogP contribution in [0, 0.1) is 17.3 Å². The fraction of sp³-hybridized carbons (Fsp3) is 0.211. The number of hydrogen-bond acceptors (Lipinski definition) is 6. The minimum Gasteiger partial charge on any atom is -0.442 e. The van der Waals surface area contributed by atoms with E-state index in [1.54, 1.807) is 12.3 Å². The molecule has 2 aromatic rings. The van der Waals surface area contributed by atoms with Crippen molar-refractivity contribution in [3.05, 3.63) is 48.3 Å². The average molecular weight is 431 g/mol. The topological polar surface area (TPSA) is 138 Å². The first-order valence-corrected chi connectivity index (χ1v) is 10.6. The van der Waals surface area contributed by atoms with Gasteiger partial charge in [-0.1, -0.05) is 12.1 Å². The van der Waals surface area contributed by atoms with Gasteiger partial charge in [-0.05, 0) is 35.9 Å². The number of nitrogens with zero attached hydrogens (tertiary/aromatic N) is 3. The van der Waals surface area contributed by atoms with Crippen molar-refractivity contribution in [3.63, 3.8) is 0 Å². The Bertz CT molecular complexity index is 1140. The fourth-order valence-corrected chi connectivity index (χ4v) is 3.54. The first kappa shape index (κ1) is 21.1. The molecule has 0 radical (unpaired) electrons. The molecular weight excluding hydrogens is 413 g/mol. The maximum absolute atomic E-state index is 14.7. The Kier molecular flexibility index (Phi) is 5.89. The lowest BCUT2D eigenvalue weighted by Crippen LogP contribution is -2.30. The highest BCUT2D eigenvalue weighted by Crippen LogP contribution is 2.29. The van der Waals surface area contributed by atoms with Crippen molar-refractivity contribution in [3.8, 4) is 17.3 Å². The number of aliphatic imine (C=N–C) groups is 1. The van der Waals surface area contributed by atoms with Crippen molar-refractivity contribution in [2.75, 3.05) is 24.2 Å². The second kappa shape index (κ2) is 8.38. The van der Waals surface area contributed by atoms with Gasteiger partial charge in [-0.15, -0.1) is 0 Å². The van der Waals surface area contributed by atoms with E-state index in [9.17, 15) is 17.6 Å². The number of nitrogens with two attached hydrogens (primary N) is 1. The Morgan fingerprint density at radius 3 is 2.67 bits per heavy atom. The van der Waals surface area contributed by atoms with Crippen molar-refractivity contribution in [1.29, 1.82) is 5.26 Å². The van der Waals surface area contributed by atoms with Crippen molar-refractivity contribution in [2.24, 2.45) is 10.7 Å². The lowest BCUT2D eigenvalue weighted by atomic mass is 10.0. The predicted octanol–water partition coefficient (Wildman–Crippen LogP) is 1.61. The molecule has 0 aromatic heterocycles. The van der Waals surface area contributed by atoms with Gasteiger partial charge in [-0.3, -0.25) is 10.2 Å². The lowest BCUT2D eigenvalue weighted by molar-refractivity contribution is 0.145. The summed E-state index contributed by atoms with van der Waals surface area (Å²) >= 11 is 0. The van der Waals surface area contributed by atoms with E-state index >= 15 is 0 Å². The molecule has 1 saturated heterocycles. The van der Waals surface area contributed by atoms with Crippen molar-refractivity contribution < 1.29 is 22.3 Å². The molecule has 30 heavy (non-hydrogen) atoms. The summed E-state index contributed by atoms with van der Waals surface area (Å²) < 4.78 is 43.0. The quantitative estimate of drug-likeness (QED) is 0.317. The molecule has 1 aliphatic rings. The van der Waals surface area contributed by atoms with Crippen LogP contribution in [0.3, 0.4) is 0 Å². The first-order valence-electron chi connectivity index (χ1n) is 8.72. The summed E-state index contributed by atoms with van der Waals surface area (Å²) in [7, 11) is -3.34. The third-order valence-electron chi connectivity index (χ3n) is 4.38. The van der Waals surface area contributed by atoms with Crippen molar-refractivity contribution in [1.82, 2.24) is 5.32 Å². The van der Waals surface area contributed by atoms with Crippen molar-refractivity contribution in [2.45, 2.75) is 11.0 Å². The maximum atomic E-state index is 14.7. The molecule has 0 aliphatic carbocycles. The van der Waals surface area contributed by atoms with Crippen LogP contribution in [-0.4, -0.2) is 45.9 Å². The van der Waals surface area contributed by atoms with Gasteiger partial charge in [0.25, 0.3) is 0 Å². The van der Waals surface area contributed by atoms with Crippen LogP contribution in [0.15, 0.2) is 52.4 Å². The number of cyclic esters (lactones) is 1. The number of ether oxygens (including phenoxy) is 1. The van der Waals surface area contributed by atoms with E-state index in [2.05, 4.69) is 10.3 Å². The second-order valence-electron chi connectivity index (χ2n) is 6.54. The maximum Gasteiger partial charge on any atom is 0.414 e. The smallest absolute Gasteiger partial charge is 0.414 e. The molecule has 1 atom stereocenters. The number of anilines is 1. The van der Waals surface area contributed by atoms with E-state index < -0.39 is 27.9 Å². The van der Waals surface area contributed by atoms with Gasteiger partial charge in [0.1, 0.15) is 11.9 Å². The second-order valence-corrected chi connectivity index (χ2v) is 8.56. The third kappa shape index (κ3) is 4.66. The molecule has 3 rings (SSSR count). The molecule has 2 aromatic carbocycles. The van der Waals surface area contributed by atoms with Gasteiger partial charge < -0.3 is 10.5 Å². The molecule has 156 valence electrons. The highest BCUT2D eigenvalue weighted by atomic mass is 32.2. The number of benzene rings is 2. The monoisotopic (exact) mass is 431 g/mol. The van der Waals surface area contributed by atoms with Crippen LogP contribution in [0.25, 0.3) is 11.1 Å². The number of hydrogen-bond donors (Lipinski definition) is 2. The fourth-order valence-electron chi connectivity index (χ4n) is 2.91. The Hall–Kier alpha value is -3.65. The summed E-state index contributed by atoms with van der Waals surface area (Å²) in [6.07, 6.45) is 1.48. The number of carbonyl (C=O) groups is 1. The Morgan fingerprint density at radius 1 is 1.37 bits per heavy atom. The van der Waals surface area contributed by atoms with E-state index in [0.717, 1.165) is 6.26 Å². The van der Waals surface area contributed by atoms with Gasteiger partial charge >= 0.3 is 6.09 Å². The Labute approximate surface area is 172 Å². The molecule has 0 spiro atoms.